The highest BCUT2D eigenvalue weighted by Gasteiger charge is 2.57. The van der Waals surface area contributed by atoms with E-state index in [0.29, 0.717) is 22.6 Å². The van der Waals surface area contributed by atoms with E-state index in [9.17, 15) is 4.79 Å². The van der Waals surface area contributed by atoms with E-state index < -0.39 is 5.60 Å². The van der Waals surface area contributed by atoms with Gasteiger partial charge in [-0.2, -0.15) is 0 Å². The van der Waals surface area contributed by atoms with E-state index in [4.69, 9.17) is 16.3 Å². The Morgan fingerprint density at radius 1 is 1.21 bits per heavy atom. The Kier molecular flexibility index (Phi) is 4.43. The van der Waals surface area contributed by atoms with E-state index in [1.54, 1.807) is 24.3 Å². The lowest BCUT2D eigenvalue weighted by atomic mass is 9.47. The lowest BCUT2D eigenvalue weighted by Gasteiger charge is -2.59. The number of benzene rings is 1. The van der Waals surface area contributed by atoms with E-state index in [-0.39, 0.29) is 17.4 Å². The first-order valence-electron chi connectivity index (χ1n) is 10.6. The summed E-state index contributed by atoms with van der Waals surface area (Å²) >= 11 is 5.95. The second-order valence-corrected chi connectivity index (χ2v) is 10.2. The molecule has 0 aliphatic heterocycles. The van der Waals surface area contributed by atoms with Crippen LogP contribution in [0.2, 0.25) is 5.02 Å². The Bertz CT molecular complexity index is 877. The van der Waals surface area contributed by atoms with Crippen LogP contribution in [0.15, 0.2) is 36.7 Å². The van der Waals surface area contributed by atoms with Crippen LogP contribution in [0.25, 0.3) is 0 Å². The first kappa shape index (κ1) is 19.0. The lowest BCUT2D eigenvalue weighted by Crippen LogP contribution is -2.63. The van der Waals surface area contributed by atoms with E-state index in [0.717, 1.165) is 24.6 Å². The van der Waals surface area contributed by atoms with Crippen molar-refractivity contribution in [1.82, 2.24) is 15.3 Å². The van der Waals surface area contributed by atoms with E-state index in [1.807, 2.05) is 26.2 Å². The van der Waals surface area contributed by atoms with Gasteiger partial charge in [-0.3, -0.25) is 4.79 Å². The summed E-state index contributed by atoms with van der Waals surface area (Å²) in [4.78, 5) is 21.1. The molecule has 4 bridgehead atoms. The van der Waals surface area contributed by atoms with Crippen LogP contribution in [0.3, 0.4) is 0 Å². The molecule has 4 aliphatic rings. The van der Waals surface area contributed by atoms with Gasteiger partial charge in [0.25, 0.3) is 5.91 Å². The van der Waals surface area contributed by atoms with Crippen molar-refractivity contribution < 1.29 is 9.53 Å². The van der Waals surface area contributed by atoms with Crippen LogP contribution in [0.1, 0.15) is 51.8 Å². The Morgan fingerprint density at radius 2 is 1.90 bits per heavy atom. The van der Waals surface area contributed by atoms with Gasteiger partial charge in [0.05, 0.1) is 0 Å². The minimum atomic E-state index is -0.943. The summed E-state index contributed by atoms with van der Waals surface area (Å²) in [6.45, 7) is 3.66. The maximum atomic E-state index is 13.2. The SMILES string of the molecule is CC(C)(Oc1ccc(Cl)cc1)C(=O)NC1C2CC3CC1CC(c1ncc[nH]1)(C3)C2. The van der Waals surface area contributed by atoms with Gasteiger partial charge in [-0.05, 0) is 88.0 Å². The molecule has 1 aromatic heterocycles. The molecule has 6 heteroatoms. The van der Waals surface area contributed by atoms with Crippen LogP contribution in [-0.4, -0.2) is 27.5 Å². The molecule has 4 saturated carbocycles. The third-order valence-electron chi connectivity index (χ3n) is 7.30. The minimum Gasteiger partial charge on any atom is -0.478 e. The molecule has 2 N–H and O–H groups in total. The number of aromatic amines is 1. The van der Waals surface area contributed by atoms with Gasteiger partial charge in [0, 0.05) is 28.9 Å². The zero-order chi connectivity index (χ0) is 20.2. The summed E-state index contributed by atoms with van der Waals surface area (Å²) in [5.41, 5.74) is -0.766. The highest BCUT2D eigenvalue weighted by atomic mass is 35.5. The quantitative estimate of drug-likeness (QED) is 0.759. The zero-order valence-electron chi connectivity index (χ0n) is 17.0. The predicted octanol–water partition coefficient (Wildman–Crippen LogP) is 4.48. The standard InChI is InChI=1S/C23H28ClN3O2/c1-22(2,29-18-5-3-17(24)4-6-18)21(28)27-19-15-9-14-10-16(19)13-23(11-14,12-15)20-25-7-8-26-20/h3-8,14-16,19H,9-13H2,1-2H3,(H,25,26)(H,27,28). The van der Waals surface area contributed by atoms with Gasteiger partial charge in [0.2, 0.25) is 0 Å². The summed E-state index contributed by atoms with van der Waals surface area (Å²) in [5.74, 6) is 3.54. The van der Waals surface area contributed by atoms with Crippen molar-refractivity contribution in [2.45, 2.75) is 63.0 Å². The van der Waals surface area contributed by atoms with Gasteiger partial charge in [-0.15, -0.1) is 0 Å². The number of nitrogens with one attached hydrogen (secondary N) is 2. The second-order valence-electron chi connectivity index (χ2n) is 9.75. The number of aromatic nitrogens is 2. The molecule has 0 radical (unpaired) electrons. The van der Waals surface area contributed by atoms with Crippen molar-refractivity contribution in [3.05, 3.63) is 47.5 Å². The van der Waals surface area contributed by atoms with Gasteiger partial charge in [0.15, 0.2) is 5.60 Å². The average molecular weight is 414 g/mol. The number of hydrogen-bond acceptors (Lipinski definition) is 3. The molecule has 154 valence electrons. The molecule has 4 fully saturated rings. The van der Waals surface area contributed by atoms with E-state index >= 15 is 0 Å². The highest BCUT2D eigenvalue weighted by molar-refractivity contribution is 6.30. The van der Waals surface area contributed by atoms with Crippen LogP contribution in [0, 0.1) is 17.8 Å². The third-order valence-corrected chi connectivity index (χ3v) is 7.56. The lowest BCUT2D eigenvalue weighted by molar-refractivity contribution is -0.138. The first-order valence-corrected chi connectivity index (χ1v) is 11.0. The number of carbonyl (C=O) groups excluding carboxylic acids is 1. The molecule has 2 unspecified atom stereocenters. The van der Waals surface area contributed by atoms with Crippen molar-refractivity contribution in [3.63, 3.8) is 0 Å². The number of halogens is 1. The molecule has 1 heterocycles. The Morgan fingerprint density at radius 3 is 2.52 bits per heavy atom. The second kappa shape index (κ2) is 6.76. The fourth-order valence-corrected chi connectivity index (χ4v) is 6.40. The van der Waals surface area contributed by atoms with Crippen LogP contribution < -0.4 is 10.1 Å². The van der Waals surface area contributed by atoms with Crippen molar-refractivity contribution >= 4 is 17.5 Å². The molecule has 1 amide bonds. The van der Waals surface area contributed by atoms with Gasteiger partial charge >= 0.3 is 0 Å². The first-order chi connectivity index (χ1) is 13.8. The largest absolute Gasteiger partial charge is 0.478 e. The number of carbonyl (C=O) groups is 1. The molecule has 29 heavy (non-hydrogen) atoms. The Labute approximate surface area is 176 Å². The molecule has 2 aromatic rings. The molecule has 0 spiro atoms. The Hall–Kier alpha value is -2.01. The summed E-state index contributed by atoms with van der Waals surface area (Å²) in [6.07, 6.45) is 9.67. The molecule has 4 aliphatic carbocycles. The summed E-state index contributed by atoms with van der Waals surface area (Å²) < 4.78 is 6.01. The fourth-order valence-electron chi connectivity index (χ4n) is 6.27. The van der Waals surface area contributed by atoms with E-state index in [1.165, 1.54) is 19.3 Å². The van der Waals surface area contributed by atoms with Crippen LogP contribution in [0.4, 0.5) is 0 Å². The molecule has 2 atom stereocenters. The molecular formula is C23H28ClN3O2. The smallest absolute Gasteiger partial charge is 0.263 e. The maximum absolute atomic E-state index is 13.2. The number of H-pyrrole nitrogens is 1. The number of ether oxygens (including phenoxy) is 1. The van der Waals surface area contributed by atoms with Crippen LogP contribution >= 0.6 is 11.6 Å². The number of nitrogens with zero attached hydrogens (tertiary/aromatic N) is 1. The van der Waals surface area contributed by atoms with E-state index in [2.05, 4.69) is 15.3 Å². The Balaban J connectivity index is 1.30. The number of rotatable bonds is 5. The number of amides is 1. The molecule has 1 aromatic carbocycles. The van der Waals surface area contributed by atoms with Crippen molar-refractivity contribution in [2.75, 3.05) is 0 Å². The third kappa shape index (κ3) is 3.33. The maximum Gasteiger partial charge on any atom is 0.263 e. The number of imidazole rings is 1. The van der Waals surface area contributed by atoms with Crippen LogP contribution in [0.5, 0.6) is 5.75 Å². The number of hydrogen-bond donors (Lipinski definition) is 2. The van der Waals surface area contributed by atoms with Gasteiger partial charge < -0.3 is 15.0 Å². The predicted molar refractivity (Wildman–Crippen MR) is 112 cm³/mol. The molecule has 5 nitrogen and oxygen atoms in total. The normalized spacial score (nSPS) is 32.9. The van der Waals surface area contributed by atoms with Crippen molar-refractivity contribution in [1.29, 1.82) is 0 Å². The molecular weight excluding hydrogens is 386 g/mol. The van der Waals surface area contributed by atoms with Gasteiger partial charge in [-0.25, -0.2) is 4.98 Å². The summed E-state index contributed by atoms with van der Waals surface area (Å²) in [5, 5.41) is 4.03. The highest BCUT2D eigenvalue weighted by Crippen LogP contribution is 2.60. The van der Waals surface area contributed by atoms with Crippen molar-refractivity contribution in [3.8, 4) is 5.75 Å². The van der Waals surface area contributed by atoms with Gasteiger partial charge in [-0.1, -0.05) is 11.6 Å². The van der Waals surface area contributed by atoms with Crippen molar-refractivity contribution in [2.24, 2.45) is 17.8 Å². The minimum absolute atomic E-state index is 0.0445. The average Bonchev–Trinajstić information content (AvgIpc) is 3.21. The topological polar surface area (TPSA) is 67.0 Å². The van der Waals surface area contributed by atoms with Gasteiger partial charge in [0.1, 0.15) is 11.6 Å². The van der Waals surface area contributed by atoms with Crippen LogP contribution in [-0.2, 0) is 10.2 Å². The monoisotopic (exact) mass is 413 g/mol. The molecule has 6 rings (SSSR count). The molecule has 0 saturated heterocycles. The fraction of sp³-hybridized carbons (Fsp3) is 0.565. The summed E-state index contributed by atoms with van der Waals surface area (Å²) in [7, 11) is 0. The zero-order valence-corrected chi connectivity index (χ0v) is 17.7. The summed E-state index contributed by atoms with van der Waals surface area (Å²) in [6, 6.07) is 7.38.